The van der Waals surface area contributed by atoms with Crippen LogP contribution in [0, 0.1) is 0 Å². The predicted molar refractivity (Wildman–Crippen MR) is 56.7 cm³/mol. The van der Waals surface area contributed by atoms with Gasteiger partial charge in [0.15, 0.2) is 0 Å². The Morgan fingerprint density at radius 3 is 2.43 bits per heavy atom. The first kappa shape index (κ1) is 10.7. The van der Waals surface area contributed by atoms with Gasteiger partial charge in [-0.3, -0.25) is 4.79 Å². The van der Waals surface area contributed by atoms with Crippen LogP contribution in [-0.4, -0.2) is 24.9 Å². The maximum Gasteiger partial charge on any atom is 0.223 e. The molecule has 0 fully saturated rings. The summed E-state index contributed by atoms with van der Waals surface area (Å²) in [7, 11) is 3.47. The lowest BCUT2D eigenvalue weighted by Crippen LogP contribution is -2.26. The van der Waals surface area contributed by atoms with Crippen molar-refractivity contribution in [2.75, 3.05) is 14.1 Å². The number of hydrogen-bond donors (Lipinski definition) is 1. The van der Waals surface area contributed by atoms with Crippen molar-refractivity contribution in [3.63, 3.8) is 0 Å². The molecule has 0 aliphatic rings. The molecule has 1 aromatic rings. The van der Waals surface area contributed by atoms with Gasteiger partial charge in [-0.05, 0) is 5.56 Å². The smallest absolute Gasteiger partial charge is 0.223 e. The lowest BCUT2D eigenvalue weighted by Gasteiger charge is -2.15. The molecule has 1 unspecified atom stereocenters. The third-order valence-corrected chi connectivity index (χ3v) is 2.12. The highest BCUT2D eigenvalue weighted by Gasteiger charge is 2.12. The van der Waals surface area contributed by atoms with E-state index in [2.05, 4.69) is 0 Å². The van der Waals surface area contributed by atoms with Crippen LogP contribution in [0.1, 0.15) is 18.0 Å². The van der Waals surface area contributed by atoms with E-state index in [0.717, 1.165) is 5.56 Å². The van der Waals surface area contributed by atoms with Crippen LogP contribution in [0.25, 0.3) is 0 Å². The van der Waals surface area contributed by atoms with Crippen molar-refractivity contribution in [3.05, 3.63) is 35.9 Å². The molecule has 0 heterocycles. The number of benzene rings is 1. The zero-order valence-corrected chi connectivity index (χ0v) is 8.60. The van der Waals surface area contributed by atoms with E-state index in [-0.39, 0.29) is 11.9 Å². The lowest BCUT2D eigenvalue weighted by molar-refractivity contribution is -0.129. The van der Waals surface area contributed by atoms with Crippen molar-refractivity contribution in [1.29, 1.82) is 0 Å². The van der Waals surface area contributed by atoms with Crippen LogP contribution in [0.5, 0.6) is 0 Å². The SMILES string of the molecule is CN(C)C(=O)CC(N)c1ccccc1. The number of nitrogens with zero attached hydrogens (tertiary/aromatic N) is 1. The van der Waals surface area contributed by atoms with Crippen molar-refractivity contribution >= 4 is 5.91 Å². The van der Waals surface area contributed by atoms with Crippen LogP contribution in [0.2, 0.25) is 0 Å². The number of rotatable bonds is 3. The van der Waals surface area contributed by atoms with Gasteiger partial charge in [0, 0.05) is 26.6 Å². The first-order valence-electron chi connectivity index (χ1n) is 4.62. The topological polar surface area (TPSA) is 46.3 Å². The van der Waals surface area contributed by atoms with Gasteiger partial charge in [0.05, 0.1) is 0 Å². The number of nitrogens with two attached hydrogens (primary N) is 1. The maximum atomic E-state index is 11.4. The molecule has 0 spiro atoms. The van der Waals surface area contributed by atoms with Crippen LogP contribution in [-0.2, 0) is 4.79 Å². The fraction of sp³-hybridized carbons (Fsp3) is 0.364. The molecule has 0 aromatic heterocycles. The molecule has 0 saturated heterocycles. The first-order chi connectivity index (χ1) is 6.61. The first-order valence-corrected chi connectivity index (χ1v) is 4.62. The van der Waals surface area contributed by atoms with Gasteiger partial charge in [0.2, 0.25) is 5.91 Å². The Morgan fingerprint density at radius 1 is 1.36 bits per heavy atom. The van der Waals surface area contributed by atoms with Crippen molar-refractivity contribution in [1.82, 2.24) is 4.90 Å². The fourth-order valence-electron chi connectivity index (χ4n) is 1.19. The van der Waals surface area contributed by atoms with E-state index < -0.39 is 0 Å². The summed E-state index contributed by atoms with van der Waals surface area (Å²) in [5, 5.41) is 0. The molecule has 2 N–H and O–H groups in total. The van der Waals surface area contributed by atoms with Gasteiger partial charge in [-0.1, -0.05) is 30.3 Å². The van der Waals surface area contributed by atoms with Crippen molar-refractivity contribution in [2.45, 2.75) is 12.5 Å². The zero-order valence-electron chi connectivity index (χ0n) is 8.60. The van der Waals surface area contributed by atoms with Gasteiger partial charge in [-0.2, -0.15) is 0 Å². The van der Waals surface area contributed by atoms with Crippen LogP contribution < -0.4 is 5.73 Å². The summed E-state index contributed by atoms with van der Waals surface area (Å²) in [5.74, 6) is 0.0568. The summed E-state index contributed by atoms with van der Waals surface area (Å²) in [5.41, 5.74) is 6.89. The average molecular weight is 192 g/mol. The molecular formula is C11H16N2O. The fourth-order valence-corrected chi connectivity index (χ4v) is 1.19. The molecule has 1 atom stereocenters. The van der Waals surface area contributed by atoms with Crippen LogP contribution in [0.3, 0.4) is 0 Å². The highest BCUT2D eigenvalue weighted by molar-refractivity contribution is 5.76. The minimum absolute atomic E-state index is 0.0568. The van der Waals surface area contributed by atoms with Crippen LogP contribution >= 0.6 is 0 Å². The summed E-state index contributed by atoms with van der Waals surface area (Å²) in [4.78, 5) is 12.9. The Bertz CT molecular complexity index is 295. The molecule has 0 radical (unpaired) electrons. The van der Waals surface area contributed by atoms with Crippen LogP contribution in [0.15, 0.2) is 30.3 Å². The number of carbonyl (C=O) groups excluding carboxylic acids is 1. The van der Waals surface area contributed by atoms with Gasteiger partial charge >= 0.3 is 0 Å². The van der Waals surface area contributed by atoms with Gasteiger partial charge in [-0.25, -0.2) is 0 Å². The second kappa shape index (κ2) is 4.77. The predicted octanol–water partition coefficient (Wildman–Crippen LogP) is 1.16. The highest BCUT2D eigenvalue weighted by atomic mass is 16.2. The molecule has 3 nitrogen and oxygen atoms in total. The zero-order chi connectivity index (χ0) is 10.6. The van der Waals surface area contributed by atoms with Gasteiger partial charge < -0.3 is 10.6 Å². The summed E-state index contributed by atoms with van der Waals surface area (Å²) in [6.45, 7) is 0. The summed E-state index contributed by atoms with van der Waals surface area (Å²) in [6, 6.07) is 9.46. The summed E-state index contributed by atoms with van der Waals surface area (Å²) >= 11 is 0. The lowest BCUT2D eigenvalue weighted by atomic mass is 10.0. The molecule has 3 heteroatoms. The third-order valence-electron chi connectivity index (χ3n) is 2.12. The molecule has 0 aliphatic carbocycles. The quantitative estimate of drug-likeness (QED) is 0.781. The molecule has 1 rings (SSSR count). The normalized spacial score (nSPS) is 12.2. The van der Waals surface area contributed by atoms with E-state index in [0.29, 0.717) is 6.42 Å². The largest absolute Gasteiger partial charge is 0.349 e. The second-order valence-corrected chi connectivity index (χ2v) is 3.51. The van der Waals surface area contributed by atoms with Gasteiger partial charge in [-0.15, -0.1) is 0 Å². The molecule has 1 amide bonds. The molecule has 0 aliphatic heterocycles. The molecule has 1 aromatic carbocycles. The minimum Gasteiger partial charge on any atom is -0.349 e. The van der Waals surface area contributed by atoms with Crippen molar-refractivity contribution in [3.8, 4) is 0 Å². The number of amides is 1. The van der Waals surface area contributed by atoms with Crippen molar-refractivity contribution in [2.24, 2.45) is 5.73 Å². The van der Waals surface area contributed by atoms with E-state index in [1.807, 2.05) is 30.3 Å². The van der Waals surface area contributed by atoms with Crippen molar-refractivity contribution < 1.29 is 4.79 Å². The van der Waals surface area contributed by atoms with E-state index in [9.17, 15) is 4.79 Å². The molecule has 14 heavy (non-hydrogen) atoms. The Hall–Kier alpha value is -1.35. The molecule has 0 bridgehead atoms. The summed E-state index contributed by atoms with van der Waals surface area (Å²) < 4.78 is 0. The maximum absolute atomic E-state index is 11.4. The Balaban J connectivity index is 2.59. The number of carbonyl (C=O) groups is 1. The third kappa shape index (κ3) is 2.85. The molecule has 0 saturated carbocycles. The minimum atomic E-state index is -0.203. The monoisotopic (exact) mass is 192 g/mol. The van der Waals surface area contributed by atoms with Gasteiger partial charge in [0.25, 0.3) is 0 Å². The molecule has 76 valence electrons. The molecular weight excluding hydrogens is 176 g/mol. The van der Waals surface area contributed by atoms with E-state index in [4.69, 9.17) is 5.73 Å². The van der Waals surface area contributed by atoms with E-state index in [1.54, 1.807) is 19.0 Å². The van der Waals surface area contributed by atoms with Gasteiger partial charge in [0.1, 0.15) is 0 Å². The second-order valence-electron chi connectivity index (χ2n) is 3.51. The van der Waals surface area contributed by atoms with Crippen LogP contribution in [0.4, 0.5) is 0 Å². The van der Waals surface area contributed by atoms with E-state index in [1.165, 1.54) is 0 Å². The van der Waals surface area contributed by atoms with E-state index >= 15 is 0 Å². The average Bonchev–Trinajstić information content (AvgIpc) is 2.19. The number of hydrogen-bond acceptors (Lipinski definition) is 2. The Morgan fingerprint density at radius 2 is 1.93 bits per heavy atom. The standard InChI is InChI=1S/C11H16N2O/c1-13(2)11(14)8-10(12)9-6-4-3-5-7-9/h3-7,10H,8,12H2,1-2H3. The highest BCUT2D eigenvalue weighted by Crippen LogP contribution is 2.13. The Kier molecular flexibility index (Phi) is 3.65. The summed E-state index contributed by atoms with van der Waals surface area (Å²) in [6.07, 6.45) is 0.358. The Labute approximate surface area is 84.5 Å².